The first-order valence-corrected chi connectivity index (χ1v) is 10.0. The third kappa shape index (κ3) is 5.08. The van der Waals surface area contributed by atoms with Crippen LogP contribution in [0.5, 0.6) is 0 Å². The van der Waals surface area contributed by atoms with E-state index in [2.05, 4.69) is 52.0 Å². The van der Waals surface area contributed by atoms with Crippen molar-refractivity contribution in [2.45, 2.75) is 59.0 Å². The zero-order valence-electron chi connectivity index (χ0n) is 16.8. The van der Waals surface area contributed by atoms with Crippen molar-refractivity contribution in [3.63, 3.8) is 0 Å². The van der Waals surface area contributed by atoms with Crippen LogP contribution in [0.4, 0.5) is 0 Å². The third-order valence-electron chi connectivity index (χ3n) is 5.90. The summed E-state index contributed by atoms with van der Waals surface area (Å²) in [4.78, 5) is 4.81. The molecule has 1 fully saturated rings. The Balaban J connectivity index is 1.66. The van der Waals surface area contributed by atoms with E-state index in [0.29, 0.717) is 18.5 Å². The monoisotopic (exact) mass is 368 g/mol. The van der Waals surface area contributed by atoms with Crippen LogP contribution in [0.1, 0.15) is 56.2 Å². The Bertz CT molecular complexity index is 743. The van der Waals surface area contributed by atoms with E-state index >= 15 is 0 Å². The van der Waals surface area contributed by atoms with Crippen LogP contribution in [0, 0.1) is 12.3 Å². The van der Waals surface area contributed by atoms with Gasteiger partial charge in [0.25, 0.3) is 0 Å². The normalized spacial score (nSPS) is 16.5. The van der Waals surface area contributed by atoms with Gasteiger partial charge in [0.2, 0.25) is 0 Å². The number of nitrogens with zero attached hydrogens (tertiary/aromatic N) is 4. The summed E-state index contributed by atoms with van der Waals surface area (Å²) >= 11 is 0. The third-order valence-corrected chi connectivity index (χ3v) is 5.90. The molecule has 1 saturated carbocycles. The predicted octanol–water partition coefficient (Wildman–Crippen LogP) is 3.33. The van der Waals surface area contributed by atoms with E-state index in [1.165, 1.54) is 37.7 Å². The van der Waals surface area contributed by atoms with Gasteiger partial charge in [-0.05, 0) is 37.2 Å². The molecular formula is C21H32N6. The van der Waals surface area contributed by atoms with Crippen LogP contribution < -0.4 is 10.6 Å². The average Bonchev–Trinajstić information content (AvgIpc) is 3.30. The Morgan fingerprint density at radius 2 is 1.89 bits per heavy atom. The molecule has 0 saturated heterocycles. The van der Waals surface area contributed by atoms with Gasteiger partial charge in [-0.15, -0.1) is 10.2 Å². The maximum Gasteiger partial charge on any atom is 0.191 e. The second-order valence-corrected chi connectivity index (χ2v) is 7.64. The second-order valence-electron chi connectivity index (χ2n) is 7.64. The number of hydrogen-bond donors (Lipinski definition) is 2. The highest BCUT2D eigenvalue weighted by atomic mass is 15.3. The van der Waals surface area contributed by atoms with E-state index in [1.54, 1.807) is 0 Å². The lowest BCUT2D eigenvalue weighted by molar-refractivity contribution is 0.283. The molecule has 0 radical (unpaired) electrons. The lowest BCUT2D eigenvalue weighted by Gasteiger charge is -2.28. The highest BCUT2D eigenvalue weighted by Crippen LogP contribution is 2.40. The van der Waals surface area contributed by atoms with Crippen LogP contribution in [0.2, 0.25) is 0 Å². The number of aliphatic imine (C=N–C) groups is 1. The summed E-state index contributed by atoms with van der Waals surface area (Å²) in [5.74, 6) is 2.67. The van der Waals surface area contributed by atoms with Crippen molar-refractivity contribution in [2.24, 2.45) is 17.5 Å². The standard InChI is InChI=1S/C21H32N6/c1-4-21(12-8-9-13-21)16-24-20(22-14-18-10-6-5-7-11-18)23-15-19-26-25-17(2)27(19)3/h5-7,10-11H,4,8-9,12-16H2,1-3H3,(H2,22,23,24). The van der Waals surface area contributed by atoms with Gasteiger partial charge < -0.3 is 15.2 Å². The zero-order chi connectivity index (χ0) is 19.1. The minimum absolute atomic E-state index is 0.413. The number of hydrogen-bond acceptors (Lipinski definition) is 3. The first-order chi connectivity index (χ1) is 13.1. The van der Waals surface area contributed by atoms with Gasteiger partial charge in [0.05, 0.1) is 13.1 Å². The molecule has 0 amide bonds. The number of aryl methyl sites for hydroxylation is 1. The minimum atomic E-state index is 0.413. The molecule has 0 aliphatic heterocycles. The molecule has 1 heterocycles. The Morgan fingerprint density at radius 3 is 2.52 bits per heavy atom. The molecule has 0 bridgehead atoms. The molecular weight excluding hydrogens is 336 g/mol. The van der Waals surface area contributed by atoms with Gasteiger partial charge in [-0.2, -0.15) is 0 Å². The SMILES string of the molecule is CCC1(CNC(=NCc2ccccc2)NCc2nnc(C)n2C)CCCC1. The van der Waals surface area contributed by atoms with E-state index in [4.69, 9.17) is 4.99 Å². The van der Waals surface area contributed by atoms with E-state index in [0.717, 1.165) is 24.2 Å². The van der Waals surface area contributed by atoms with E-state index in [-0.39, 0.29) is 0 Å². The fourth-order valence-corrected chi connectivity index (χ4v) is 3.75. The molecule has 2 N–H and O–H groups in total. The van der Waals surface area contributed by atoms with Gasteiger partial charge in [-0.25, -0.2) is 4.99 Å². The smallest absolute Gasteiger partial charge is 0.191 e. The van der Waals surface area contributed by atoms with Crippen molar-refractivity contribution in [1.82, 2.24) is 25.4 Å². The Morgan fingerprint density at radius 1 is 1.15 bits per heavy atom. The van der Waals surface area contributed by atoms with Crippen LogP contribution >= 0.6 is 0 Å². The van der Waals surface area contributed by atoms with Crippen LogP contribution in [0.3, 0.4) is 0 Å². The largest absolute Gasteiger partial charge is 0.356 e. The van der Waals surface area contributed by atoms with Crippen molar-refractivity contribution in [1.29, 1.82) is 0 Å². The molecule has 0 unspecified atom stereocenters. The van der Waals surface area contributed by atoms with Crippen molar-refractivity contribution in [3.05, 3.63) is 47.5 Å². The van der Waals surface area contributed by atoms with E-state index in [9.17, 15) is 0 Å². The molecule has 3 rings (SSSR count). The molecule has 1 aliphatic carbocycles. The fourth-order valence-electron chi connectivity index (χ4n) is 3.75. The molecule has 1 aliphatic rings. The maximum atomic E-state index is 4.81. The van der Waals surface area contributed by atoms with Gasteiger partial charge in [-0.1, -0.05) is 50.1 Å². The number of aromatic nitrogens is 3. The summed E-state index contributed by atoms with van der Waals surface area (Å²) in [5, 5.41) is 15.4. The number of guanidine groups is 1. The minimum Gasteiger partial charge on any atom is -0.356 e. The highest BCUT2D eigenvalue weighted by Gasteiger charge is 2.31. The van der Waals surface area contributed by atoms with Crippen LogP contribution in [0.25, 0.3) is 0 Å². The Labute approximate surface area is 162 Å². The molecule has 2 aromatic rings. The lowest BCUT2D eigenvalue weighted by atomic mass is 9.83. The summed E-state index contributed by atoms with van der Waals surface area (Å²) in [5.41, 5.74) is 1.62. The van der Waals surface area contributed by atoms with Crippen molar-refractivity contribution < 1.29 is 0 Å². The van der Waals surface area contributed by atoms with Crippen LogP contribution in [-0.2, 0) is 20.1 Å². The average molecular weight is 369 g/mol. The van der Waals surface area contributed by atoms with Crippen LogP contribution in [-0.4, -0.2) is 27.3 Å². The topological polar surface area (TPSA) is 67.1 Å². The van der Waals surface area contributed by atoms with Gasteiger partial charge in [-0.3, -0.25) is 0 Å². The summed E-state index contributed by atoms with van der Waals surface area (Å²) in [6, 6.07) is 10.4. The second kappa shape index (κ2) is 9.02. The first kappa shape index (κ1) is 19.4. The molecule has 1 aromatic heterocycles. The van der Waals surface area contributed by atoms with Gasteiger partial charge in [0.15, 0.2) is 11.8 Å². The highest BCUT2D eigenvalue weighted by molar-refractivity contribution is 5.79. The number of rotatable bonds is 7. The van der Waals surface area contributed by atoms with Crippen LogP contribution in [0.15, 0.2) is 35.3 Å². The van der Waals surface area contributed by atoms with Gasteiger partial charge >= 0.3 is 0 Å². The summed E-state index contributed by atoms with van der Waals surface area (Å²) in [7, 11) is 1.99. The Hall–Kier alpha value is -2.37. The molecule has 6 heteroatoms. The molecule has 1 aromatic carbocycles. The molecule has 6 nitrogen and oxygen atoms in total. The molecule has 27 heavy (non-hydrogen) atoms. The summed E-state index contributed by atoms with van der Waals surface area (Å²) in [6.45, 7) is 6.51. The van der Waals surface area contributed by atoms with Crippen molar-refractivity contribution in [2.75, 3.05) is 6.54 Å². The molecule has 146 valence electrons. The van der Waals surface area contributed by atoms with E-state index in [1.807, 2.05) is 24.6 Å². The zero-order valence-corrected chi connectivity index (χ0v) is 16.8. The van der Waals surface area contributed by atoms with Crippen molar-refractivity contribution in [3.8, 4) is 0 Å². The van der Waals surface area contributed by atoms with Gasteiger partial charge in [0, 0.05) is 13.6 Å². The summed E-state index contributed by atoms with van der Waals surface area (Å²) < 4.78 is 2.01. The quantitative estimate of drug-likeness (QED) is 0.581. The maximum absolute atomic E-state index is 4.81. The Kier molecular flexibility index (Phi) is 6.48. The molecule has 0 spiro atoms. The lowest BCUT2D eigenvalue weighted by Crippen LogP contribution is -2.43. The fraction of sp³-hybridized carbons (Fsp3) is 0.571. The predicted molar refractivity (Wildman–Crippen MR) is 109 cm³/mol. The van der Waals surface area contributed by atoms with E-state index < -0.39 is 0 Å². The summed E-state index contributed by atoms with van der Waals surface area (Å²) in [6.07, 6.45) is 6.53. The number of nitrogens with one attached hydrogen (secondary N) is 2. The molecule has 0 atom stereocenters. The number of benzene rings is 1. The van der Waals surface area contributed by atoms with Gasteiger partial charge in [0.1, 0.15) is 5.82 Å². The van der Waals surface area contributed by atoms with Crippen molar-refractivity contribution >= 4 is 5.96 Å². The first-order valence-electron chi connectivity index (χ1n) is 10.0.